The van der Waals surface area contributed by atoms with Crippen molar-refractivity contribution in [2.75, 3.05) is 38.1 Å². The number of carboxylic acids is 1. The normalized spacial score (nSPS) is 15.8. The van der Waals surface area contributed by atoms with Crippen LogP contribution in [0.25, 0.3) is 31.4 Å². The molecular weight excluding hydrogens is 540 g/mol. The van der Waals surface area contributed by atoms with Crippen LogP contribution in [0.15, 0.2) is 35.7 Å². The third-order valence-corrected chi connectivity index (χ3v) is 8.83. The summed E-state index contributed by atoms with van der Waals surface area (Å²) in [6, 6.07) is 9.44. The first kappa shape index (κ1) is 27.0. The summed E-state index contributed by atoms with van der Waals surface area (Å²) in [5.41, 5.74) is 3.29. The number of hydrogen-bond acceptors (Lipinski definition) is 8. The van der Waals surface area contributed by atoms with E-state index < -0.39 is 17.7 Å². The van der Waals surface area contributed by atoms with Crippen LogP contribution >= 0.6 is 34.3 Å². The maximum atomic E-state index is 12.5. The number of likely N-dealkylation sites (N-methyl/N-ethyl adjacent to an activating group) is 1. The Balaban J connectivity index is 1.65. The maximum Gasteiger partial charge on any atom is 0.337 e. The topological polar surface area (TPSA) is 78.8 Å². The van der Waals surface area contributed by atoms with Crippen LogP contribution in [-0.4, -0.2) is 64.8 Å². The molecule has 1 saturated heterocycles. The van der Waals surface area contributed by atoms with Crippen molar-refractivity contribution >= 4 is 56.3 Å². The minimum Gasteiger partial charge on any atom is -0.479 e. The van der Waals surface area contributed by atoms with E-state index in [4.69, 9.17) is 26.3 Å². The summed E-state index contributed by atoms with van der Waals surface area (Å²) in [7, 11) is 2.14. The number of benzene rings is 2. The van der Waals surface area contributed by atoms with Gasteiger partial charge in [0.25, 0.3) is 0 Å². The van der Waals surface area contributed by atoms with Crippen molar-refractivity contribution in [3.63, 3.8) is 0 Å². The summed E-state index contributed by atoms with van der Waals surface area (Å²) in [6.07, 6.45) is -1.14. The molecule has 38 heavy (non-hydrogen) atoms. The van der Waals surface area contributed by atoms with E-state index in [0.29, 0.717) is 10.6 Å². The lowest BCUT2D eigenvalue weighted by molar-refractivity contribution is -0.160. The maximum absolute atomic E-state index is 12.5. The molecule has 0 bridgehead atoms. The predicted molar refractivity (Wildman–Crippen MR) is 157 cm³/mol. The van der Waals surface area contributed by atoms with Crippen molar-refractivity contribution in [2.45, 2.75) is 39.4 Å². The second-order valence-corrected chi connectivity index (χ2v) is 12.9. The number of rotatable bonds is 6. The molecule has 3 heterocycles. The van der Waals surface area contributed by atoms with Gasteiger partial charge < -0.3 is 19.6 Å². The molecule has 1 N–H and O–H groups in total. The van der Waals surface area contributed by atoms with Crippen LogP contribution in [0.5, 0.6) is 0 Å². The second-order valence-electron chi connectivity index (χ2n) is 10.6. The van der Waals surface area contributed by atoms with Crippen LogP contribution in [0.3, 0.4) is 0 Å². The molecule has 1 atom stereocenters. The third-order valence-electron chi connectivity index (χ3n) is 6.52. The van der Waals surface area contributed by atoms with E-state index in [1.807, 2.05) is 58.0 Å². The molecule has 0 amide bonds. The number of aromatic nitrogens is 2. The zero-order chi connectivity index (χ0) is 27.2. The summed E-state index contributed by atoms with van der Waals surface area (Å²) >= 11 is 9.33. The number of nitrogens with zero attached hydrogens (tertiary/aromatic N) is 4. The molecule has 1 aliphatic heterocycles. The van der Waals surface area contributed by atoms with Crippen molar-refractivity contribution < 1.29 is 14.6 Å². The Morgan fingerprint density at radius 2 is 1.79 bits per heavy atom. The van der Waals surface area contributed by atoms with Crippen molar-refractivity contribution in [1.82, 2.24) is 14.9 Å². The number of ether oxygens (including phenoxy) is 1. The van der Waals surface area contributed by atoms with E-state index in [-0.39, 0.29) is 0 Å². The lowest BCUT2D eigenvalue weighted by Crippen LogP contribution is -2.44. The molecule has 4 aromatic rings. The van der Waals surface area contributed by atoms with Crippen LogP contribution in [-0.2, 0) is 9.53 Å². The Labute approximate surface area is 235 Å². The Hall–Kier alpha value is -2.56. The molecule has 10 heteroatoms. The van der Waals surface area contributed by atoms with Gasteiger partial charge in [0.2, 0.25) is 0 Å². The van der Waals surface area contributed by atoms with E-state index in [1.165, 1.54) is 11.3 Å². The Bertz CT molecular complexity index is 1470. The molecule has 0 aliphatic carbocycles. The van der Waals surface area contributed by atoms with Gasteiger partial charge in [0.1, 0.15) is 5.82 Å². The van der Waals surface area contributed by atoms with Gasteiger partial charge in [-0.25, -0.2) is 14.8 Å². The zero-order valence-corrected chi connectivity index (χ0v) is 24.5. The molecule has 200 valence electrons. The number of piperazine rings is 1. The summed E-state index contributed by atoms with van der Waals surface area (Å²) in [6.45, 7) is 11.5. The number of carbonyl (C=O) groups is 1. The number of aryl methyl sites for hydroxylation is 1. The molecule has 0 unspecified atom stereocenters. The number of hydrogen-bond donors (Lipinski definition) is 1. The summed E-state index contributed by atoms with van der Waals surface area (Å²) in [4.78, 5) is 27.1. The van der Waals surface area contributed by atoms with E-state index in [1.54, 1.807) is 11.3 Å². The Morgan fingerprint density at radius 3 is 2.42 bits per heavy atom. The third kappa shape index (κ3) is 5.58. The molecule has 1 aliphatic rings. The van der Waals surface area contributed by atoms with Gasteiger partial charge in [-0.05, 0) is 64.1 Å². The lowest BCUT2D eigenvalue weighted by Gasteiger charge is -2.32. The van der Waals surface area contributed by atoms with Crippen molar-refractivity contribution in [3.05, 3.63) is 51.9 Å². The van der Waals surface area contributed by atoms with Gasteiger partial charge in [0.15, 0.2) is 16.1 Å². The highest BCUT2D eigenvalue weighted by Gasteiger charge is 2.32. The van der Waals surface area contributed by atoms with Gasteiger partial charge in [-0.1, -0.05) is 23.7 Å². The molecule has 2 aromatic carbocycles. The number of carboxylic acid groups (broad SMARTS) is 1. The fourth-order valence-corrected chi connectivity index (χ4v) is 6.79. The summed E-state index contributed by atoms with van der Waals surface area (Å²) < 4.78 is 7.02. The monoisotopic (exact) mass is 570 g/mol. The van der Waals surface area contributed by atoms with Gasteiger partial charge in [0.05, 0.1) is 15.8 Å². The molecule has 0 radical (unpaired) electrons. The smallest absolute Gasteiger partial charge is 0.337 e. The predicted octanol–water partition coefficient (Wildman–Crippen LogP) is 6.74. The standard InChI is InChI=1S/C28H31ClN4O3S2/c1-16-14-19-24(38-26(30-19)25-31-20(15-37-25)33-12-10-32(5)11-13-33)22(17-6-8-18(29)9-7-17)21(16)23(27(34)35)36-28(2,3)4/h6-9,14-15,23H,10-13H2,1-5H3,(H,34,35)/t23-/m0/s1. The number of thiazole rings is 2. The zero-order valence-electron chi connectivity index (χ0n) is 22.1. The highest BCUT2D eigenvalue weighted by atomic mass is 35.5. The van der Waals surface area contributed by atoms with Crippen molar-refractivity contribution in [3.8, 4) is 21.1 Å². The van der Waals surface area contributed by atoms with Crippen LogP contribution in [0, 0.1) is 6.92 Å². The van der Waals surface area contributed by atoms with E-state index in [2.05, 4.69) is 22.2 Å². The molecule has 1 fully saturated rings. The summed E-state index contributed by atoms with van der Waals surface area (Å²) in [5, 5.41) is 14.7. The highest BCUT2D eigenvalue weighted by molar-refractivity contribution is 7.25. The molecule has 2 aromatic heterocycles. The van der Waals surface area contributed by atoms with Gasteiger partial charge in [-0.3, -0.25) is 0 Å². The minimum atomic E-state index is -1.14. The number of aliphatic carboxylic acids is 1. The second kappa shape index (κ2) is 10.5. The van der Waals surface area contributed by atoms with Crippen molar-refractivity contribution in [1.29, 1.82) is 0 Å². The van der Waals surface area contributed by atoms with Gasteiger partial charge >= 0.3 is 5.97 Å². The average Bonchev–Trinajstić information content (AvgIpc) is 3.50. The van der Waals surface area contributed by atoms with Crippen LogP contribution in [0.1, 0.15) is 38.0 Å². The van der Waals surface area contributed by atoms with Crippen LogP contribution in [0.4, 0.5) is 5.82 Å². The Morgan fingerprint density at radius 1 is 1.11 bits per heavy atom. The molecule has 7 nitrogen and oxygen atoms in total. The first-order chi connectivity index (χ1) is 18.0. The first-order valence-corrected chi connectivity index (χ1v) is 14.6. The molecule has 0 saturated carbocycles. The molecular formula is C28H31ClN4O3S2. The van der Waals surface area contributed by atoms with Crippen LogP contribution < -0.4 is 4.90 Å². The van der Waals surface area contributed by atoms with Crippen LogP contribution in [0.2, 0.25) is 5.02 Å². The fraction of sp³-hybridized carbons (Fsp3) is 0.393. The highest BCUT2D eigenvalue weighted by Crippen LogP contribution is 2.45. The van der Waals surface area contributed by atoms with Gasteiger partial charge in [-0.2, -0.15) is 0 Å². The largest absolute Gasteiger partial charge is 0.479 e. The van der Waals surface area contributed by atoms with Crippen molar-refractivity contribution in [2.24, 2.45) is 0 Å². The quantitative estimate of drug-likeness (QED) is 0.275. The van der Waals surface area contributed by atoms with E-state index in [9.17, 15) is 9.90 Å². The lowest BCUT2D eigenvalue weighted by atomic mass is 9.91. The fourth-order valence-electron chi connectivity index (χ4n) is 4.67. The minimum absolute atomic E-state index is 0.615. The number of anilines is 1. The Kier molecular flexibility index (Phi) is 7.50. The SMILES string of the molecule is Cc1cc2nc(-c3nc(N4CCN(C)CC4)cs3)sc2c(-c2ccc(Cl)cc2)c1[C@H](OC(C)(C)C)C(=O)O. The summed E-state index contributed by atoms with van der Waals surface area (Å²) in [5.74, 6) is -0.0456. The van der Waals surface area contributed by atoms with Gasteiger partial charge in [0, 0.05) is 47.7 Å². The molecule has 5 rings (SSSR count). The van der Waals surface area contributed by atoms with E-state index in [0.717, 1.165) is 68.9 Å². The average molecular weight is 571 g/mol. The molecule has 0 spiro atoms. The van der Waals surface area contributed by atoms with E-state index >= 15 is 0 Å². The number of fused-ring (bicyclic) bond motifs is 1. The first-order valence-electron chi connectivity index (χ1n) is 12.5. The number of halogens is 1. The van der Waals surface area contributed by atoms with Gasteiger partial charge in [-0.15, -0.1) is 22.7 Å².